The monoisotopic (exact) mass is 811 g/mol. The van der Waals surface area contributed by atoms with Crippen LogP contribution in [0.15, 0.2) is 0 Å². The molecule has 9 rings (SSSR count). The van der Waals surface area contributed by atoms with Crippen molar-refractivity contribution in [2.45, 2.75) is 208 Å². The van der Waals surface area contributed by atoms with Gasteiger partial charge in [0.1, 0.15) is 0 Å². The van der Waals surface area contributed by atoms with Crippen LogP contribution in [0.3, 0.4) is 0 Å². The van der Waals surface area contributed by atoms with Gasteiger partial charge in [-0.05, 0) is 125 Å². The predicted octanol–water partition coefficient (Wildman–Crippen LogP) is 7.91. The van der Waals surface area contributed by atoms with Crippen molar-refractivity contribution in [1.29, 1.82) is 0 Å². The van der Waals surface area contributed by atoms with Gasteiger partial charge in [-0.25, -0.2) is 0 Å². The minimum Gasteiger partial charge on any atom is -0.286 e. The number of hydrogen-bond acceptors (Lipinski definition) is 8. The van der Waals surface area contributed by atoms with Crippen LogP contribution >= 0.6 is 11.6 Å². The summed E-state index contributed by atoms with van der Waals surface area (Å²) in [7, 11) is 0. The molecule has 0 aromatic carbocycles. The summed E-state index contributed by atoms with van der Waals surface area (Å²) >= 11 is 7.53. The molecule has 4 aliphatic carbocycles. The lowest BCUT2D eigenvalue weighted by atomic mass is 9.40. The van der Waals surface area contributed by atoms with Gasteiger partial charge in [0.05, 0.1) is 49.3 Å². The zero-order valence-corrected chi connectivity index (χ0v) is 39.0. The average Bonchev–Trinajstić information content (AvgIpc) is 3.85. The third-order valence-corrected chi connectivity index (χ3v) is 18.8. The van der Waals surface area contributed by atoms with Crippen LogP contribution in [-0.2, 0) is 0 Å². The van der Waals surface area contributed by atoms with Crippen LogP contribution in [0.2, 0.25) is 0 Å². The fourth-order valence-corrected chi connectivity index (χ4v) is 17.1. The topological polar surface area (TPSA) is 96.2 Å². The van der Waals surface area contributed by atoms with Gasteiger partial charge in [-0.3, -0.25) is 42.5 Å². The predicted molar refractivity (Wildman–Crippen MR) is 236 cm³/mol. The molecule has 21 atom stereocenters. The molecule has 5 saturated heterocycles. The molecule has 0 aromatic rings. The highest BCUT2D eigenvalue weighted by Gasteiger charge is 2.67. The van der Waals surface area contributed by atoms with Gasteiger partial charge in [0.2, 0.25) is 0 Å². The first-order chi connectivity index (χ1) is 26.7. The zero-order chi connectivity index (χ0) is 40.6. The van der Waals surface area contributed by atoms with E-state index in [1.165, 1.54) is 64.2 Å². The van der Waals surface area contributed by atoms with Crippen molar-refractivity contribution >= 4 is 11.6 Å². The van der Waals surface area contributed by atoms with E-state index in [4.69, 9.17) is 11.6 Å². The summed E-state index contributed by atoms with van der Waals surface area (Å²) in [5.41, 5.74) is 0.604. The van der Waals surface area contributed by atoms with Crippen molar-refractivity contribution in [3.05, 3.63) is 0 Å². The van der Waals surface area contributed by atoms with E-state index in [0.29, 0.717) is 95.7 Å². The SMILES string of the molecule is CC(C)(C)C1C2C3NC4NC(NC5NC(NC6NC(NC(N3)C2C(C(C)(C)C)C(C(C)(C)C)C1C(C)(C)C)C1C(Cl)CCCC61)C1CCCCC51)C1CCCCC41. The molecule has 9 aliphatic rings. The number of hydrogen-bond donors (Lipinski definition) is 8. The maximum Gasteiger partial charge on any atom is 0.0642 e. The molecule has 4 saturated carbocycles. The van der Waals surface area contributed by atoms with Gasteiger partial charge >= 0.3 is 0 Å². The molecule has 57 heavy (non-hydrogen) atoms. The maximum absolute atomic E-state index is 7.53. The van der Waals surface area contributed by atoms with Gasteiger partial charge in [-0.1, -0.05) is 115 Å². The molecule has 8 bridgehead atoms. The minimum absolute atomic E-state index is 0.134. The number of fused-ring (bicyclic) bond motifs is 20. The molecule has 0 spiro atoms. The van der Waals surface area contributed by atoms with E-state index in [0.717, 1.165) is 6.42 Å². The normalized spacial score (nSPS) is 51.8. The van der Waals surface area contributed by atoms with Gasteiger partial charge < -0.3 is 0 Å². The lowest BCUT2D eigenvalue weighted by Crippen LogP contribution is -2.64. The fraction of sp³-hybridized carbons (Fsp3) is 1.00. The Hall–Kier alpha value is -0.0300. The minimum atomic E-state index is 0.134. The molecular weight excluding hydrogens is 724 g/mol. The second-order valence-corrected chi connectivity index (χ2v) is 26.3. The molecule has 0 amide bonds. The van der Waals surface area contributed by atoms with Crippen LogP contribution in [0.5, 0.6) is 0 Å². The van der Waals surface area contributed by atoms with Crippen LogP contribution < -0.4 is 42.5 Å². The summed E-state index contributed by atoms with van der Waals surface area (Å²) in [5.74, 6) is 6.73. The average molecular weight is 812 g/mol. The summed E-state index contributed by atoms with van der Waals surface area (Å²) in [5, 5.41) is 35.3. The van der Waals surface area contributed by atoms with E-state index >= 15 is 0 Å². The van der Waals surface area contributed by atoms with Gasteiger partial charge in [0, 0.05) is 11.3 Å². The molecule has 9 fully saturated rings. The third-order valence-electron chi connectivity index (χ3n) is 18.3. The second-order valence-electron chi connectivity index (χ2n) is 25.8. The Morgan fingerprint density at radius 3 is 0.895 bits per heavy atom. The van der Waals surface area contributed by atoms with Gasteiger partial charge in [-0.15, -0.1) is 11.6 Å². The van der Waals surface area contributed by atoms with E-state index in [1.807, 2.05) is 0 Å². The lowest BCUT2D eigenvalue weighted by Gasteiger charge is -2.64. The van der Waals surface area contributed by atoms with Crippen LogP contribution in [0, 0.1) is 92.7 Å². The molecule has 0 aromatic heterocycles. The Labute approximate surface area is 354 Å². The Morgan fingerprint density at radius 2 is 0.561 bits per heavy atom. The maximum atomic E-state index is 7.53. The Bertz CT molecular complexity index is 1430. The van der Waals surface area contributed by atoms with Crippen LogP contribution in [-0.4, -0.2) is 54.7 Å². The summed E-state index contributed by atoms with van der Waals surface area (Å²) in [4.78, 5) is 0. The van der Waals surface area contributed by atoms with Crippen molar-refractivity contribution in [1.82, 2.24) is 42.5 Å². The fourth-order valence-electron chi connectivity index (χ4n) is 16.6. The molecule has 21 unspecified atom stereocenters. The highest BCUT2D eigenvalue weighted by atomic mass is 35.5. The zero-order valence-electron chi connectivity index (χ0n) is 38.3. The first-order valence-electron chi connectivity index (χ1n) is 24.4. The largest absolute Gasteiger partial charge is 0.286 e. The summed E-state index contributed by atoms with van der Waals surface area (Å²) in [6.45, 7) is 31.0. The van der Waals surface area contributed by atoms with Crippen molar-refractivity contribution in [3.8, 4) is 0 Å². The molecule has 0 radical (unpaired) electrons. The van der Waals surface area contributed by atoms with Crippen LogP contribution in [0.1, 0.15) is 154 Å². The second kappa shape index (κ2) is 15.1. The first-order valence-corrected chi connectivity index (χ1v) is 24.9. The molecule has 326 valence electrons. The molecule has 9 heteroatoms. The quantitative estimate of drug-likeness (QED) is 0.117. The van der Waals surface area contributed by atoms with Crippen molar-refractivity contribution < 1.29 is 0 Å². The Kier molecular flexibility index (Phi) is 11.2. The molecule has 5 aliphatic heterocycles. The first kappa shape index (κ1) is 42.3. The molecule has 8 nitrogen and oxygen atoms in total. The van der Waals surface area contributed by atoms with E-state index < -0.39 is 0 Å². The van der Waals surface area contributed by atoms with Crippen molar-refractivity contribution in [2.24, 2.45) is 92.7 Å². The highest BCUT2D eigenvalue weighted by Crippen LogP contribution is 2.67. The molecule has 5 heterocycles. The Balaban J connectivity index is 1.18. The number of halogens is 1. The van der Waals surface area contributed by atoms with E-state index in [9.17, 15) is 0 Å². The van der Waals surface area contributed by atoms with Crippen molar-refractivity contribution in [3.63, 3.8) is 0 Å². The summed E-state index contributed by atoms with van der Waals surface area (Å²) in [6, 6.07) is 0. The highest BCUT2D eigenvalue weighted by molar-refractivity contribution is 6.20. The van der Waals surface area contributed by atoms with Crippen LogP contribution in [0.4, 0.5) is 0 Å². The number of alkyl halides is 1. The Morgan fingerprint density at radius 1 is 0.298 bits per heavy atom. The van der Waals surface area contributed by atoms with Gasteiger partial charge in [0.25, 0.3) is 0 Å². The van der Waals surface area contributed by atoms with Crippen LogP contribution in [0.25, 0.3) is 0 Å². The third kappa shape index (κ3) is 7.45. The summed E-state index contributed by atoms with van der Waals surface area (Å²) in [6.07, 6.45) is 16.4. The van der Waals surface area contributed by atoms with E-state index in [1.54, 1.807) is 0 Å². The smallest absolute Gasteiger partial charge is 0.0642 e. The standard InChI is InChI=1S/C48H87ClN8/c1-45(2,3)33-31-32(34(46(4,5)6)36(48(10,11)12)35(33)47(7,8)9)44-56-42-30-28(22-17-23-29(30)49)41(55-42)53-39-25-19-14-13-18-24(25)37(51-39)50-38-26-20-15-16-21-27(26)40(52-38)54-43(31)57-44/h24-44,50-57H,13-23H2,1-12H3. The molecule has 8 N–H and O–H groups in total. The number of nitrogens with one attached hydrogen (secondary N) is 8. The summed E-state index contributed by atoms with van der Waals surface area (Å²) < 4.78 is 0. The molecular formula is C48H87ClN8. The van der Waals surface area contributed by atoms with Gasteiger partial charge in [0.15, 0.2) is 0 Å². The lowest BCUT2D eigenvalue weighted by molar-refractivity contribution is -0.168. The van der Waals surface area contributed by atoms with E-state index in [2.05, 4.69) is 126 Å². The van der Waals surface area contributed by atoms with Gasteiger partial charge in [-0.2, -0.15) is 0 Å². The van der Waals surface area contributed by atoms with Crippen molar-refractivity contribution in [2.75, 3.05) is 0 Å². The van der Waals surface area contributed by atoms with E-state index in [-0.39, 0.29) is 51.7 Å². The number of rotatable bonds is 0.